The van der Waals surface area contributed by atoms with E-state index < -0.39 is 0 Å². The van der Waals surface area contributed by atoms with Crippen LogP contribution in [0, 0.1) is 12.8 Å². The van der Waals surface area contributed by atoms with Crippen LogP contribution in [0.2, 0.25) is 10.0 Å². The zero-order valence-corrected chi connectivity index (χ0v) is 17.8. The summed E-state index contributed by atoms with van der Waals surface area (Å²) in [5.41, 5.74) is 2.43. The highest BCUT2D eigenvalue weighted by atomic mass is 35.5. The molecule has 1 aliphatic heterocycles. The van der Waals surface area contributed by atoms with Gasteiger partial charge in [0.1, 0.15) is 0 Å². The van der Waals surface area contributed by atoms with E-state index in [0.717, 1.165) is 29.9 Å². The van der Waals surface area contributed by atoms with E-state index in [-0.39, 0.29) is 5.56 Å². The quantitative estimate of drug-likeness (QED) is 0.709. The van der Waals surface area contributed by atoms with Crippen LogP contribution in [-0.2, 0) is 13.1 Å². The third-order valence-corrected chi connectivity index (χ3v) is 5.35. The molecule has 2 heterocycles. The van der Waals surface area contributed by atoms with Crippen molar-refractivity contribution in [2.45, 2.75) is 47.2 Å². The van der Waals surface area contributed by atoms with Gasteiger partial charge in [0.25, 0.3) is 5.56 Å². The molecule has 1 aromatic heterocycles. The fourth-order valence-electron chi connectivity index (χ4n) is 3.41. The number of aryl methyl sites for hydroxylation is 1. The minimum atomic E-state index is 0.0346. The van der Waals surface area contributed by atoms with Crippen LogP contribution in [0.25, 0.3) is 0 Å². The van der Waals surface area contributed by atoms with Crippen LogP contribution >= 0.6 is 23.2 Å². The molecular formula is C20H26Cl2N4O. The number of anilines is 2. The summed E-state index contributed by atoms with van der Waals surface area (Å²) in [5, 5.41) is 1.13. The van der Waals surface area contributed by atoms with Crippen LogP contribution in [0.5, 0.6) is 0 Å². The lowest BCUT2D eigenvalue weighted by molar-refractivity contribution is 0.188. The van der Waals surface area contributed by atoms with Gasteiger partial charge in [-0.3, -0.25) is 19.2 Å². The van der Waals surface area contributed by atoms with Gasteiger partial charge >= 0.3 is 0 Å². The zero-order chi connectivity index (χ0) is 19.7. The standard InChI is InChI=1S/C20H26Cl2N4O/c1-5-18-14(4)23-20-25(17-9-15(21)8-16(22)10-17)11-24(7-6-13(2)3)12-26(20)19(18)27/h8-10,13H,5-7,11-12H2,1-4H3. The molecule has 2 aromatic rings. The van der Waals surface area contributed by atoms with Crippen molar-refractivity contribution < 1.29 is 0 Å². The maximum Gasteiger partial charge on any atom is 0.259 e. The van der Waals surface area contributed by atoms with E-state index in [1.54, 1.807) is 10.6 Å². The molecule has 7 heteroatoms. The second kappa shape index (κ2) is 8.21. The fourth-order valence-corrected chi connectivity index (χ4v) is 3.92. The Balaban J connectivity index is 2.11. The van der Waals surface area contributed by atoms with Gasteiger partial charge in [0.15, 0.2) is 0 Å². The summed E-state index contributed by atoms with van der Waals surface area (Å²) in [5.74, 6) is 1.24. The summed E-state index contributed by atoms with van der Waals surface area (Å²) >= 11 is 12.5. The monoisotopic (exact) mass is 408 g/mol. The molecule has 0 bridgehead atoms. The molecule has 0 amide bonds. The van der Waals surface area contributed by atoms with Gasteiger partial charge in [-0.05, 0) is 43.9 Å². The molecule has 0 unspecified atom stereocenters. The van der Waals surface area contributed by atoms with Crippen molar-refractivity contribution in [3.8, 4) is 0 Å². The van der Waals surface area contributed by atoms with Gasteiger partial charge in [-0.1, -0.05) is 44.0 Å². The van der Waals surface area contributed by atoms with Crippen molar-refractivity contribution in [2.75, 3.05) is 18.1 Å². The molecular weight excluding hydrogens is 383 g/mol. The number of hydrogen-bond donors (Lipinski definition) is 0. The molecule has 0 saturated carbocycles. The summed E-state index contributed by atoms with van der Waals surface area (Å²) < 4.78 is 1.77. The third-order valence-electron chi connectivity index (χ3n) is 4.91. The van der Waals surface area contributed by atoms with E-state index in [0.29, 0.717) is 41.7 Å². The maximum absolute atomic E-state index is 13.1. The van der Waals surface area contributed by atoms with Gasteiger partial charge in [-0.15, -0.1) is 0 Å². The number of benzene rings is 1. The van der Waals surface area contributed by atoms with E-state index in [2.05, 4.69) is 18.7 Å². The normalized spacial score (nSPS) is 14.7. The molecule has 146 valence electrons. The van der Waals surface area contributed by atoms with E-state index in [1.165, 1.54) is 0 Å². The van der Waals surface area contributed by atoms with Crippen molar-refractivity contribution >= 4 is 34.8 Å². The van der Waals surface area contributed by atoms with Gasteiger partial charge < -0.3 is 0 Å². The first-order valence-corrected chi connectivity index (χ1v) is 10.1. The molecule has 0 aliphatic carbocycles. The number of rotatable bonds is 5. The molecule has 0 spiro atoms. The van der Waals surface area contributed by atoms with E-state index >= 15 is 0 Å². The van der Waals surface area contributed by atoms with Crippen molar-refractivity contribution in [1.29, 1.82) is 0 Å². The average Bonchev–Trinajstić information content (AvgIpc) is 2.59. The number of fused-ring (bicyclic) bond motifs is 1. The Kier molecular flexibility index (Phi) is 6.14. The van der Waals surface area contributed by atoms with E-state index in [4.69, 9.17) is 28.2 Å². The summed E-state index contributed by atoms with van der Waals surface area (Å²) in [6.07, 6.45) is 1.74. The van der Waals surface area contributed by atoms with Gasteiger partial charge in [0.05, 0.1) is 13.3 Å². The Morgan fingerprint density at radius 3 is 2.41 bits per heavy atom. The minimum Gasteiger partial charge on any atom is -0.298 e. The highest BCUT2D eigenvalue weighted by Crippen LogP contribution is 2.32. The topological polar surface area (TPSA) is 41.4 Å². The average molecular weight is 409 g/mol. The Bertz CT molecular complexity index is 874. The molecule has 0 radical (unpaired) electrons. The van der Waals surface area contributed by atoms with Crippen LogP contribution in [0.15, 0.2) is 23.0 Å². The summed E-state index contributed by atoms with van der Waals surface area (Å²) in [4.78, 5) is 22.1. The molecule has 0 N–H and O–H groups in total. The highest BCUT2D eigenvalue weighted by Gasteiger charge is 2.27. The predicted octanol–water partition coefficient (Wildman–Crippen LogP) is 4.84. The van der Waals surface area contributed by atoms with Crippen LogP contribution < -0.4 is 10.5 Å². The van der Waals surface area contributed by atoms with Crippen molar-refractivity contribution in [3.63, 3.8) is 0 Å². The van der Waals surface area contributed by atoms with Crippen molar-refractivity contribution in [3.05, 3.63) is 49.9 Å². The summed E-state index contributed by atoms with van der Waals surface area (Å²) in [7, 11) is 0. The molecule has 1 aliphatic rings. The Hall–Kier alpha value is -1.56. The van der Waals surface area contributed by atoms with Crippen molar-refractivity contribution in [1.82, 2.24) is 14.5 Å². The largest absolute Gasteiger partial charge is 0.298 e. The number of aromatic nitrogens is 2. The summed E-state index contributed by atoms with van der Waals surface area (Å²) in [6.45, 7) is 10.4. The summed E-state index contributed by atoms with van der Waals surface area (Å²) in [6, 6.07) is 5.43. The van der Waals surface area contributed by atoms with Crippen molar-refractivity contribution in [2.24, 2.45) is 5.92 Å². The first-order valence-electron chi connectivity index (χ1n) is 9.36. The van der Waals surface area contributed by atoms with Gasteiger partial charge in [-0.2, -0.15) is 0 Å². The molecule has 0 atom stereocenters. The first kappa shape index (κ1) is 20.2. The molecule has 1 aromatic carbocycles. The van der Waals surface area contributed by atoms with Gasteiger partial charge in [0.2, 0.25) is 5.95 Å². The van der Waals surface area contributed by atoms with E-state index in [9.17, 15) is 4.79 Å². The number of nitrogens with zero attached hydrogens (tertiary/aromatic N) is 4. The minimum absolute atomic E-state index is 0.0346. The van der Waals surface area contributed by atoms with Crippen LogP contribution in [0.1, 0.15) is 38.4 Å². The molecule has 27 heavy (non-hydrogen) atoms. The maximum atomic E-state index is 13.1. The number of halogens is 2. The highest BCUT2D eigenvalue weighted by molar-refractivity contribution is 6.35. The lowest BCUT2D eigenvalue weighted by Crippen LogP contribution is -2.48. The van der Waals surface area contributed by atoms with Gasteiger partial charge in [0, 0.05) is 33.5 Å². The fraction of sp³-hybridized carbons (Fsp3) is 0.500. The van der Waals surface area contributed by atoms with Gasteiger partial charge in [-0.25, -0.2) is 4.98 Å². The smallest absolute Gasteiger partial charge is 0.259 e. The lowest BCUT2D eigenvalue weighted by atomic mass is 10.1. The van der Waals surface area contributed by atoms with Crippen LogP contribution in [0.4, 0.5) is 11.6 Å². The molecule has 3 rings (SSSR count). The Morgan fingerprint density at radius 2 is 1.81 bits per heavy atom. The van der Waals surface area contributed by atoms with Crippen LogP contribution in [0.3, 0.4) is 0 Å². The van der Waals surface area contributed by atoms with Crippen LogP contribution in [-0.4, -0.2) is 27.7 Å². The number of hydrogen-bond acceptors (Lipinski definition) is 4. The predicted molar refractivity (Wildman–Crippen MR) is 112 cm³/mol. The Morgan fingerprint density at radius 1 is 1.15 bits per heavy atom. The second-order valence-corrected chi connectivity index (χ2v) is 8.35. The second-order valence-electron chi connectivity index (χ2n) is 7.48. The zero-order valence-electron chi connectivity index (χ0n) is 16.3. The first-order chi connectivity index (χ1) is 12.8. The van der Waals surface area contributed by atoms with E-state index in [1.807, 2.05) is 30.9 Å². The SMILES string of the molecule is CCc1c(C)nc2n(c1=O)CN(CCC(C)C)CN2c1cc(Cl)cc(Cl)c1. The lowest BCUT2D eigenvalue weighted by Gasteiger charge is -2.38. The molecule has 0 saturated heterocycles. The third kappa shape index (κ3) is 4.31. The molecule has 0 fully saturated rings. The molecule has 5 nitrogen and oxygen atoms in total. The Labute approximate surface area is 170 Å².